The van der Waals surface area contributed by atoms with Gasteiger partial charge in [0.05, 0.1) is 4.91 Å². The number of rotatable bonds is 7. The van der Waals surface area contributed by atoms with E-state index in [4.69, 9.17) is 17.0 Å². The minimum absolute atomic E-state index is 0.217. The van der Waals surface area contributed by atoms with E-state index < -0.39 is 17.9 Å². The molecule has 1 fully saturated rings. The second kappa shape index (κ2) is 9.80. The number of nitrogens with zero attached hydrogens (tertiary/aromatic N) is 1. The zero-order valence-electron chi connectivity index (χ0n) is 16.9. The molecule has 1 heterocycles. The average Bonchev–Trinajstić information content (AvgIpc) is 3.07. The molecule has 1 saturated heterocycles. The van der Waals surface area contributed by atoms with Gasteiger partial charge in [-0.15, -0.1) is 0 Å². The smallest absolute Gasteiger partial charge is 0.331 e. The summed E-state index contributed by atoms with van der Waals surface area (Å²) in [6.45, 7) is 0.434. The van der Waals surface area contributed by atoms with E-state index in [1.54, 1.807) is 36.4 Å². The minimum atomic E-state index is -1.17. The second-order valence-electron chi connectivity index (χ2n) is 7.05. The lowest BCUT2D eigenvalue weighted by Gasteiger charge is -2.23. The van der Waals surface area contributed by atoms with Gasteiger partial charge in [0.15, 0.2) is 6.04 Å². The molecule has 0 aliphatic carbocycles. The first-order valence-corrected chi connectivity index (χ1v) is 11.1. The van der Waals surface area contributed by atoms with Gasteiger partial charge in [-0.1, -0.05) is 96.8 Å². The van der Waals surface area contributed by atoms with Gasteiger partial charge in [-0.3, -0.25) is 9.69 Å². The Morgan fingerprint density at radius 2 is 1.72 bits per heavy atom. The van der Waals surface area contributed by atoms with Crippen LogP contribution < -0.4 is 4.74 Å². The fraction of sp³-hybridized carbons (Fsp3) is 0.0800. The van der Waals surface area contributed by atoms with Crippen LogP contribution in [0.15, 0.2) is 89.8 Å². The van der Waals surface area contributed by atoms with E-state index >= 15 is 0 Å². The highest BCUT2D eigenvalue weighted by atomic mass is 32.2. The van der Waals surface area contributed by atoms with Gasteiger partial charge < -0.3 is 9.84 Å². The average molecular weight is 462 g/mol. The van der Waals surface area contributed by atoms with Crippen LogP contribution in [0.4, 0.5) is 0 Å². The predicted octanol–water partition coefficient (Wildman–Crippen LogP) is 5.29. The Hall–Kier alpha value is -3.42. The van der Waals surface area contributed by atoms with Gasteiger partial charge in [0, 0.05) is 0 Å². The normalized spacial score (nSPS) is 15.8. The van der Waals surface area contributed by atoms with E-state index in [9.17, 15) is 14.7 Å². The maximum absolute atomic E-state index is 13.1. The van der Waals surface area contributed by atoms with Crippen LogP contribution in [-0.2, 0) is 16.2 Å². The monoisotopic (exact) mass is 461 g/mol. The highest BCUT2D eigenvalue weighted by molar-refractivity contribution is 8.26. The van der Waals surface area contributed by atoms with Gasteiger partial charge >= 0.3 is 5.97 Å². The number of benzene rings is 3. The Kier molecular flexibility index (Phi) is 6.68. The zero-order chi connectivity index (χ0) is 22.5. The predicted molar refractivity (Wildman–Crippen MR) is 129 cm³/mol. The van der Waals surface area contributed by atoms with Crippen LogP contribution in [0.3, 0.4) is 0 Å². The number of thioether (sulfide) groups is 1. The van der Waals surface area contributed by atoms with Gasteiger partial charge in [-0.05, 0) is 34.9 Å². The first-order chi connectivity index (χ1) is 15.5. The number of carbonyl (C=O) groups excluding carboxylic acids is 1. The molecule has 4 rings (SSSR count). The van der Waals surface area contributed by atoms with E-state index in [0.717, 1.165) is 22.9 Å². The maximum Gasteiger partial charge on any atom is 0.331 e. The molecule has 5 nitrogen and oxygen atoms in total. The van der Waals surface area contributed by atoms with Crippen LogP contribution in [0.5, 0.6) is 5.75 Å². The van der Waals surface area contributed by atoms with Crippen LogP contribution in [0.25, 0.3) is 6.08 Å². The van der Waals surface area contributed by atoms with Crippen molar-refractivity contribution in [2.75, 3.05) is 0 Å². The molecule has 32 heavy (non-hydrogen) atoms. The summed E-state index contributed by atoms with van der Waals surface area (Å²) >= 11 is 6.46. The van der Waals surface area contributed by atoms with Crippen molar-refractivity contribution in [3.8, 4) is 5.75 Å². The van der Waals surface area contributed by atoms with E-state index in [0.29, 0.717) is 22.8 Å². The molecule has 1 aliphatic rings. The number of ether oxygens (including phenoxy) is 1. The Balaban J connectivity index is 1.54. The lowest BCUT2D eigenvalue weighted by molar-refractivity contribution is -0.145. The summed E-state index contributed by atoms with van der Waals surface area (Å²) in [5.74, 6) is -0.886. The van der Waals surface area contributed by atoms with Gasteiger partial charge in [0.1, 0.15) is 16.7 Å². The number of carboxylic acid groups (broad SMARTS) is 1. The molecule has 160 valence electrons. The summed E-state index contributed by atoms with van der Waals surface area (Å²) in [7, 11) is 0. The molecule has 3 aromatic carbocycles. The van der Waals surface area contributed by atoms with Crippen molar-refractivity contribution < 1.29 is 19.4 Å². The molecule has 0 bridgehead atoms. The first-order valence-electron chi connectivity index (χ1n) is 9.84. The largest absolute Gasteiger partial charge is 0.489 e. The lowest BCUT2D eigenvalue weighted by Crippen LogP contribution is -2.37. The fourth-order valence-corrected chi connectivity index (χ4v) is 4.64. The third kappa shape index (κ3) is 4.90. The summed E-state index contributed by atoms with van der Waals surface area (Å²) in [4.78, 5) is 26.6. The minimum Gasteiger partial charge on any atom is -0.489 e. The maximum atomic E-state index is 13.1. The molecule has 0 aromatic heterocycles. The number of hydrogen-bond acceptors (Lipinski definition) is 5. The van der Waals surface area contributed by atoms with Crippen molar-refractivity contribution in [1.82, 2.24) is 4.90 Å². The zero-order valence-corrected chi connectivity index (χ0v) is 18.5. The third-order valence-electron chi connectivity index (χ3n) is 4.84. The molecule has 0 spiro atoms. The number of hydrogen-bond donors (Lipinski definition) is 1. The van der Waals surface area contributed by atoms with Crippen molar-refractivity contribution >= 4 is 46.3 Å². The van der Waals surface area contributed by atoms with E-state index in [1.807, 2.05) is 54.6 Å². The topological polar surface area (TPSA) is 66.8 Å². The molecule has 1 unspecified atom stereocenters. The third-order valence-corrected chi connectivity index (χ3v) is 6.17. The van der Waals surface area contributed by atoms with Gasteiger partial charge in [0.25, 0.3) is 5.91 Å². The van der Waals surface area contributed by atoms with Crippen LogP contribution in [0, 0.1) is 0 Å². The quantitative estimate of drug-likeness (QED) is 0.381. The number of thiocarbonyl (C=S) groups is 1. The van der Waals surface area contributed by atoms with Crippen molar-refractivity contribution in [2.24, 2.45) is 0 Å². The SMILES string of the molecule is O=C(O)C(c1ccccc1)N1C(=O)/C(=C/c2cccc(OCc3ccccc3)c2)SC1=S. The molecule has 1 N–H and O–H groups in total. The van der Waals surface area contributed by atoms with Gasteiger partial charge in [-0.2, -0.15) is 0 Å². The molecular weight excluding hydrogens is 442 g/mol. The van der Waals surface area contributed by atoms with Crippen LogP contribution in [0.2, 0.25) is 0 Å². The molecule has 7 heteroatoms. The molecular formula is C25H19NO4S2. The Labute approximate surface area is 195 Å². The molecule has 1 atom stereocenters. The fourth-order valence-electron chi connectivity index (χ4n) is 3.33. The van der Waals surface area contributed by atoms with Crippen LogP contribution in [0.1, 0.15) is 22.7 Å². The van der Waals surface area contributed by atoms with Crippen molar-refractivity contribution in [3.63, 3.8) is 0 Å². The van der Waals surface area contributed by atoms with E-state index in [2.05, 4.69) is 0 Å². The van der Waals surface area contributed by atoms with Crippen LogP contribution >= 0.6 is 24.0 Å². The van der Waals surface area contributed by atoms with Crippen molar-refractivity contribution in [1.29, 1.82) is 0 Å². The summed E-state index contributed by atoms with van der Waals surface area (Å²) < 4.78 is 6.08. The highest BCUT2D eigenvalue weighted by Gasteiger charge is 2.41. The van der Waals surface area contributed by atoms with E-state index in [1.165, 1.54) is 4.90 Å². The lowest BCUT2D eigenvalue weighted by atomic mass is 10.1. The van der Waals surface area contributed by atoms with Crippen molar-refractivity contribution in [3.05, 3.63) is 107 Å². The number of amides is 1. The number of carboxylic acids is 1. The summed E-state index contributed by atoms with van der Waals surface area (Å²) in [5.41, 5.74) is 2.32. The van der Waals surface area contributed by atoms with Gasteiger partial charge in [0.2, 0.25) is 0 Å². The molecule has 0 radical (unpaired) electrons. The Morgan fingerprint density at radius 3 is 2.41 bits per heavy atom. The molecule has 3 aromatic rings. The summed E-state index contributed by atoms with van der Waals surface area (Å²) in [6.07, 6.45) is 1.71. The summed E-state index contributed by atoms with van der Waals surface area (Å²) in [6, 6.07) is 24.7. The standard InChI is InChI=1S/C25H19NO4S2/c27-23-21(32-25(31)26(23)22(24(28)29)19-11-5-2-6-12-19)15-18-10-7-13-20(14-18)30-16-17-8-3-1-4-9-17/h1-15,22H,16H2,(H,28,29)/b21-15-. The van der Waals surface area contributed by atoms with E-state index in [-0.39, 0.29) is 4.32 Å². The van der Waals surface area contributed by atoms with Crippen molar-refractivity contribution in [2.45, 2.75) is 12.6 Å². The first kappa shape index (κ1) is 21.8. The molecule has 0 saturated carbocycles. The molecule has 1 amide bonds. The number of carbonyl (C=O) groups is 2. The highest BCUT2D eigenvalue weighted by Crippen LogP contribution is 2.38. The van der Waals surface area contributed by atoms with Gasteiger partial charge in [-0.25, -0.2) is 4.79 Å². The number of aliphatic carboxylic acids is 1. The van der Waals surface area contributed by atoms with Crippen LogP contribution in [-0.4, -0.2) is 26.2 Å². The molecule has 1 aliphatic heterocycles. The Morgan fingerprint density at radius 1 is 1.03 bits per heavy atom. The second-order valence-corrected chi connectivity index (χ2v) is 8.73. The Bertz CT molecular complexity index is 1180. The summed E-state index contributed by atoms with van der Waals surface area (Å²) in [5, 5.41) is 9.79.